The molecule has 2 N–H and O–H groups in total. The summed E-state index contributed by atoms with van der Waals surface area (Å²) in [5, 5.41) is 0. The van der Waals surface area contributed by atoms with Gasteiger partial charge in [0, 0.05) is 20.1 Å². The first-order chi connectivity index (χ1) is 5.15. The summed E-state index contributed by atoms with van der Waals surface area (Å²) >= 11 is 0. The van der Waals surface area contributed by atoms with Crippen LogP contribution in [0.3, 0.4) is 0 Å². The van der Waals surface area contributed by atoms with E-state index in [1.165, 1.54) is 0 Å². The van der Waals surface area contributed by atoms with Crippen molar-refractivity contribution in [2.24, 2.45) is 17.6 Å². The predicted molar refractivity (Wildman–Crippen MR) is 44.0 cm³/mol. The van der Waals surface area contributed by atoms with E-state index in [0.29, 0.717) is 12.5 Å². The molecular weight excluding hydrogens is 140 g/mol. The number of nitrogens with two attached hydrogens (primary N) is 1. The van der Waals surface area contributed by atoms with Gasteiger partial charge in [0.25, 0.3) is 0 Å². The molecule has 0 spiro atoms. The van der Waals surface area contributed by atoms with Crippen LogP contribution < -0.4 is 5.73 Å². The molecule has 0 radical (unpaired) electrons. The SMILES string of the molecule is C[C@@H]1C[C@@H](CN)C(=O)N(C)C1. The first-order valence-corrected chi connectivity index (χ1v) is 4.10. The summed E-state index contributed by atoms with van der Waals surface area (Å²) in [6, 6.07) is 0. The van der Waals surface area contributed by atoms with Crippen LogP contribution in [0.25, 0.3) is 0 Å². The molecule has 0 aromatic rings. The minimum Gasteiger partial charge on any atom is -0.345 e. The lowest BCUT2D eigenvalue weighted by atomic mass is 9.90. The van der Waals surface area contributed by atoms with Gasteiger partial charge in [0.05, 0.1) is 5.92 Å². The number of hydrogen-bond donors (Lipinski definition) is 1. The lowest BCUT2D eigenvalue weighted by Crippen LogP contribution is -2.44. The maximum Gasteiger partial charge on any atom is 0.226 e. The van der Waals surface area contributed by atoms with Crippen molar-refractivity contribution >= 4 is 5.91 Å². The van der Waals surface area contributed by atoms with Gasteiger partial charge in [-0.3, -0.25) is 4.79 Å². The van der Waals surface area contributed by atoms with E-state index in [2.05, 4.69) is 6.92 Å². The number of likely N-dealkylation sites (tertiary alicyclic amines) is 1. The first-order valence-electron chi connectivity index (χ1n) is 4.10. The Morgan fingerprint density at radius 3 is 2.91 bits per heavy atom. The molecule has 0 aliphatic carbocycles. The standard InChI is InChI=1S/C8H16N2O/c1-6-3-7(4-9)8(11)10(2)5-6/h6-7H,3-5,9H2,1-2H3/t6-,7+/m1/s1. The van der Waals surface area contributed by atoms with Gasteiger partial charge in [-0.25, -0.2) is 0 Å². The van der Waals surface area contributed by atoms with Crippen molar-refractivity contribution < 1.29 is 4.79 Å². The zero-order valence-corrected chi connectivity index (χ0v) is 7.21. The van der Waals surface area contributed by atoms with E-state index in [9.17, 15) is 4.79 Å². The molecule has 3 heteroatoms. The number of nitrogens with zero attached hydrogens (tertiary/aromatic N) is 1. The van der Waals surface area contributed by atoms with Crippen molar-refractivity contribution in [1.29, 1.82) is 0 Å². The van der Waals surface area contributed by atoms with Crippen LogP contribution in [0.1, 0.15) is 13.3 Å². The van der Waals surface area contributed by atoms with Crippen molar-refractivity contribution in [3.8, 4) is 0 Å². The second-order valence-corrected chi connectivity index (χ2v) is 3.49. The summed E-state index contributed by atoms with van der Waals surface area (Å²) in [4.78, 5) is 13.1. The van der Waals surface area contributed by atoms with Crippen molar-refractivity contribution in [3.05, 3.63) is 0 Å². The van der Waals surface area contributed by atoms with Gasteiger partial charge in [-0.05, 0) is 12.3 Å². The molecule has 0 aromatic heterocycles. The van der Waals surface area contributed by atoms with E-state index in [-0.39, 0.29) is 11.8 Å². The van der Waals surface area contributed by atoms with Crippen molar-refractivity contribution in [3.63, 3.8) is 0 Å². The Morgan fingerprint density at radius 2 is 2.36 bits per heavy atom. The highest BCUT2D eigenvalue weighted by atomic mass is 16.2. The fourth-order valence-electron chi connectivity index (χ4n) is 1.73. The molecule has 1 aliphatic heterocycles. The van der Waals surface area contributed by atoms with Gasteiger partial charge >= 0.3 is 0 Å². The summed E-state index contributed by atoms with van der Waals surface area (Å²) in [5.74, 6) is 0.889. The molecule has 1 rings (SSSR count). The third-order valence-corrected chi connectivity index (χ3v) is 2.28. The Kier molecular flexibility index (Phi) is 2.49. The number of amides is 1. The fourth-order valence-corrected chi connectivity index (χ4v) is 1.73. The molecule has 0 unspecified atom stereocenters. The van der Waals surface area contributed by atoms with Gasteiger partial charge in [0.1, 0.15) is 0 Å². The lowest BCUT2D eigenvalue weighted by Gasteiger charge is -2.32. The average molecular weight is 156 g/mol. The monoisotopic (exact) mass is 156 g/mol. The van der Waals surface area contributed by atoms with Gasteiger partial charge < -0.3 is 10.6 Å². The molecule has 1 amide bonds. The molecule has 2 atom stereocenters. The van der Waals surface area contributed by atoms with Gasteiger partial charge in [0.2, 0.25) is 5.91 Å². The number of rotatable bonds is 1. The Balaban J connectivity index is 2.59. The summed E-state index contributed by atoms with van der Waals surface area (Å²) in [6.45, 7) is 3.54. The molecule has 1 aliphatic rings. The molecule has 0 saturated carbocycles. The number of carbonyl (C=O) groups excluding carboxylic acids is 1. The predicted octanol–water partition coefficient (Wildman–Crippen LogP) is 0.0595. The van der Waals surface area contributed by atoms with Crippen LogP contribution in [0, 0.1) is 11.8 Å². The normalized spacial score (nSPS) is 32.6. The molecule has 1 fully saturated rings. The molecule has 3 nitrogen and oxygen atoms in total. The van der Waals surface area contributed by atoms with Gasteiger partial charge in [-0.2, -0.15) is 0 Å². The van der Waals surface area contributed by atoms with Crippen molar-refractivity contribution in [2.45, 2.75) is 13.3 Å². The fraction of sp³-hybridized carbons (Fsp3) is 0.875. The average Bonchev–Trinajstić information content (AvgIpc) is 1.96. The minimum absolute atomic E-state index is 0.0729. The molecular formula is C8H16N2O. The van der Waals surface area contributed by atoms with E-state index in [0.717, 1.165) is 13.0 Å². The maximum atomic E-state index is 11.3. The van der Waals surface area contributed by atoms with Gasteiger partial charge in [0.15, 0.2) is 0 Å². The topological polar surface area (TPSA) is 46.3 Å². The van der Waals surface area contributed by atoms with Crippen LogP contribution in [0.2, 0.25) is 0 Å². The molecule has 0 bridgehead atoms. The number of carbonyl (C=O) groups is 1. The van der Waals surface area contributed by atoms with Crippen molar-refractivity contribution in [1.82, 2.24) is 4.90 Å². The Morgan fingerprint density at radius 1 is 1.73 bits per heavy atom. The zero-order chi connectivity index (χ0) is 8.43. The highest BCUT2D eigenvalue weighted by Gasteiger charge is 2.28. The smallest absolute Gasteiger partial charge is 0.226 e. The third kappa shape index (κ3) is 1.71. The van der Waals surface area contributed by atoms with Gasteiger partial charge in [-0.15, -0.1) is 0 Å². The minimum atomic E-state index is 0.0729. The highest BCUT2D eigenvalue weighted by Crippen LogP contribution is 2.20. The Bertz CT molecular complexity index is 158. The summed E-state index contributed by atoms with van der Waals surface area (Å²) in [5.41, 5.74) is 5.47. The van der Waals surface area contributed by atoms with Crippen LogP contribution in [0.4, 0.5) is 0 Å². The molecule has 11 heavy (non-hydrogen) atoms. The van der Waals surface area contributed by atoms with E-state index in [4.69, 9.17) is 5.73 Å². The quantitative estimate of drug-likeness (QED) is 0.583. The summed E-state index contributed by atoms with van der Waals surface area (Å²) in [6.07, 6.45) is 0.958. The van der Waals surface area contributed by atoms with Gasteiger partial charge in [-0.1, -0.05) is 6.92 Å². The number of hydrogen-bond acceptors (Lipinski definition) is 2. The third-order valence-electron chi connectivity index (χ3n) is 2.28. The van der Waals surface area contributed by atoms with Crippen LogP contribution in [-0.4, -0.2) is 30.9 Å². The highest BCUT2D eigenvalue weighted by molar-refractivity contribution is 5.79. The van der Waals surface area contributed by atoms with E-state index >= 15 is 0 Å². The van der Waals surface area contributed by atoms with E-state index < -0.39 is 0 Å². The van der Waals surface area contributed by atoms with Crippen LogP contribution in [-0.2, 0) is 4.79 Å². The number of piperidine rings is 1. The molecule has 64 valence electrons. The zero-order valence-electron chi connectivity index (χ0n) is 7.21. The van der Waals surface area contributed by atoms with Crippen molar-refractivity contribution in [2.75, 3.05) is 20.1 Å². The maximum absolute atomic E-state index is 11.3. The Labute approximate surface area is 67.5 Å². The molecule has 1 heterocycles. The van der Waals surface area contributed by atoms with E-state index in [1.807, 2.05) is 7.05 Å². The molecule has 1 saturated heterocycles. The van der Waals surface area contributed by atoms with Crippen LogP contribution >= 0.6 is 0 Å². The Hall–Kier alpha value is -0.570. The lowest BCUT2D eigenvalue weighted by molar-refractivity contribution is -0.138. The van der Waals surface area contributed by atoms with Crippen LogP contribution in [0.15, 0.2) is 0 Å². The summed E-state index contributed by atoms with van der Waals surface area (Å²) < 4.78 is 0. The summed E-state index contributed by atoms with van der Waals surface area (Å²) in [7, 11) is 1.85. The first kappa shape index (κ1) is 8.53. The van der Waals surface area contributed by atoms with E-state index in [1.54, 1.807) is 4.90 Å². The van der Waals surface area contributed by atoms with Crippen LogP contribution in [0.5, 0.6) is 0 Å². The largest absolute Gasteiger partial charge is 0.345 e. The second-order valence-electron chi connectivity index (χ2n) is 3.49. The molecule has 0 aromatic carbocycles. The second kappa shape index (κ2) is 3.22.